The molecule has 0 aliphatic carbocycles. The van der Waals surface area contributed by atoms with Gasteiger partial charge in [0.1, 0.15) is 0 Å². The summed E-state index contributed by atoms with van der Waals surface area (Å²) in [6.07, 6.45) is 4.33. The van der Waals surface area contributed by atoms with E-state index in [0.717, 1.165) is 5.56 Å². The maximum atomic E-state index is 11.8. The molecule has 6 heteroatoms. The number of hydrogen-bond donors (Lipinski definition) is 2. The molecule has 0 bridgehead atoms. The van der Waals surface area contributed by atoms with Crippen molar-refractivity contribution in [3.05, 3.63) is 52.3 Å². The number of phenols is 1. The molecule has 20 heavy (non-hydrogen) atoms. The van der Waals surface area contributed by atoms with E-state index in [4.69, 9.17) is 23.2 Å². The summed E-state index contributed by atoms with van der Waals surface area (Å²) in [6.45, 7) is 0. The second-order valence-electron chi connectivity index (χ2n) is 4.19. The minimum absolute atomic E-state index is 0.0990. The van der Waals surface area contributed by atoms with Crippen molar-refractivity contribution < 1.29 is 9.90 Å². The van der Waals surface area contributed by atoms with Gasteiger partial charge in [-0.05, 0) is 36.2 Å². The molecule has 4 nitrogen and oxygen atoms in total. The van der Waals surface area contributed by atoms with E-state index >= 15 is 0 Å². The van der Waals surface area contributed by atoms with Gasteiger partial charge in [0.05, 0.1) is 10.0 Å². The van der Waals surface area contributed by atoms with E-state index in [9.17, 15) is 9.90 Å². The number of rotatable bonds is 4. The third kappa shape index (κ3) is 3.85. The number of benzene rings is 1. The highest BCUT2D eigenvalue weighted by Crippen LogP contribution is 2.34. The second-order valence-corrected chi connectivity index (χ2v) is 5.01. The predicted molar refractivity (Wildman–Crippen MR) is 79.3 cm³/mol. The van der Waals surface area contributed by atoms with Crippen molar-refractivity contribution in [2.75, 3.05) is 5.32 Å². The topological polar surface area (TPSA) is 62.2 Å². The Morgan fingerprint density at radius 1 is 1.20 bits per heavy atom. The Hall–Kier alpha value is -1.78. The molecule has 2 rings (SSSR count). The Bertz CT molecular complexity index is 595. The lowest BCUT2D eigenvalue weighted by Crippen LogP contribution is -2.12. The Kier molecular flexibility index (Phi) is 4.82. The van der Waals surface area contributed by atoms with Crippen LogP contribution in [0.25, 0.3) is 0 Å². The van der Waals surface area contributed by atoms with Gasteiger partial charge in [0.25, 0.3) is 0 Å². The maximum Gasteiger partial charge on any atom is 0.224 e. The largest absolute Gasteiger partial charge is 0.505 e. The van der Waals surface area contributed by atoms with Gasteiger partial charge in [-0.3, -0.25) is 9.78 Å². The summed E-state index contributed by atoms with van der Waals surface area (Å²) in [7, 11) is 0. The molecule has 0 aliphatic heterocycles. The fraction of sp³-hybridized carbons (Fsp3) is 0.143. The smallest absolute Gasteiger partial charge is 0.224 e. The fourth-order valence-electron chi connectivity index (χ4n) is 1.67. The molecule has 1 aromatic carbocycles. The minimum Gasteiger partial charge on any atom is -0.505 e. The summed E-state index contributed by atoms with van der Waals surface area (Å²) in [5.74, 6) is -0.345. The molecular formula is C14H12Cl2N2O2. The molecule has 1 heterocycles. The first-order chi connectivity index (χ1) is 9.56. The standard InChI is InChI=1S/C14H12Cl2N2O2/c15-11-7-10(8-12(16)14(11)20)18-13(19)2-1-9-3-5-17-6-4-9/h3-8,20H,1-2H2,(H,18,19). The summed E-state index contributed by atoms with van der Waals surface area (Å²) < 4.78 is 0. The van der Waals surface area contributed by atoms with E-state index in [-0.39, 0.29) is 21.7 Å². The number of aromatic nitrogens is 1. The van der Waals surface area contributed by atoms with Crippen LogP contribution < -0.4 is 5.32 Å². The highest BCUT2D eigenvalue weighted by molar-refractivity contribution is 6.37. The first kappa shape index (κ1) is 14.6. The molecule has 1 aromatic heterocycles. The lowest BCUT2D eigenvalue weighted by Gasteiger charge is -2.08. The second kappa shape index (κ2) is 6.59. The van der Waals surface area contributed by atoms with Crippen LogP contribution >= 0.6 is 23.2 Å². The Morgan fingerprint density at radius 3 is 2.40 bits per heavy atom. The number of aromatic hydroxyl groups is 1. The number of carbonyl (C=O) groups excluding carboxylic acids is 1. The molecule has 0 spiro atoms. The van der Waals surface area contributed by atoms with Crippen molar-refractivity contribution >= 4 is 34.8 Å². The molecule has 2 aromatic rings. The third-order valence-electron chi connectivity index (χ3n) is 2.69. The Labute approximate surface area is 126 Å². The number of carbonyl (C=O) groups is 1. The van der Waals surface area contributed by atoms with Gasteiger partial charge in [0.2, 0.25) is 5.91 Å². The van der Waals surface area contributed by atoms with Crippen molar-refractivity contribution in [3.8, 4) is 5.75 Å². The van der Waals surface area contributed by atoms with Crippen LogP contribution in [-0.4, -0.2) is 16.0 Å². The molecule has 0 saturated carbocycles. The highest BCUT2D eigenvalue weighted by Gasteiger charge is 2.09. The van der Waals surface area contributed by atoms with Crippen LogP contribution in [-0.2, 0) is 11.2 Å². The van der Waals surface area contributed by atoms with Gasteiger partial charge in [0.15, 0.2) is 5.75 Å². The van der Waals surface area contributed by atoms with Gasteiger partial charge in [-0.1, -0.05) is 23.2 Å². The molecule has 1 amide bonds. The van der Waals surface area contributed by atoms with Crippen molar-refractivity contribution in [3.63, 3.8) is 0 Å². The predicted octanol–water partition coefficient (Wildman–Crippen LogP) is 3.67. The average Bonchev–Trinajstić information content (AvgIpc) is 2.43. The number of aryl methyl sites for hydroxylation is 1. The number of phenolic OH excluding ortho intramolecular Hbond substituents is 1. The molecule has 0 fully saturated rings. The van der Waals surface area contributed by atoms with Crippen molar-refractivity contribution in [2.45, 2.75) is 12.8 Å². The summed E-state index contributed by atoms with van der Waals surface area (Å²) in [4.78, 5) is 15.7. The van der Waals surface area contributed by atoms with Crippen LogP contribution in [0.2, 0.25) is 10.0 Å². The zero-order chi connectivity index (χ0) is 14.5. The van der Waals surface area contributed by atoms with Crippen LogP contribution in [0.4, 0.5) is 5.69 Å². The first-order valence-corrected chi connectivity index (χ1v) is 6.68. The van der Waals surface area contributed by atoms with E-state index in [2.05, 4.69) is 10.3 Å². The molecule has 0 saturated heterocycles. The SMILES string of the molecule is O=C(CCc1ccncc1)Nc1cc(Cl)c(O)c(Cl)c1. The fourth-order valence-corrected chi connectivity index (χ4v) is 2.16. The number of pyridine rings is 1. The van der Waals surface area contributed by atoms with Gasteiger partial charge >= 0.3 is 0 Å². The molecule has 0 atom stereocenters. The summed E-state index contributed by atoms with van der Waals surface area (Å²) >= 11 is 11.6. The Morgan fingerprint density at radius 2 is 1.80 bits per heavy atom. The maximum absolute atomic E-state index is 11.8. The van der Waals surface area contributed by atoms with Gasteiger partial charge in [-0.15, -0.1) is 0 Å². The third-order valence-corrected chi connectivity index (χ3v) is 3.27. The average molecular weight is 311 g/mol. The van der Waals surface area contributed by atoms with Crippen molar-refractivity contribution in [1.82, 2.24) is 4.98 Å². The van der Waals surface area contributed by atoms with Crippen LogP contribution in [0.5, 0.6) is 5.75 Å². The van der Waals surface area contributed by atoms with Crippen LogP contribution in [0.15, 0.2) is 36.7 Å². The number of nitrogens with zero attached hydrogens (tertiary/aromatic N) is 1. The minimum atomic E-state index is -0.192. The molecule has 2 N–H and O–H groups in total. The normalized spacial score (nSPS) is 10.3. The molecule has 0 aliphatic rings. The highest BCUT2D eigenvalue weighted by atomic mass is 35.5. The number of hydrogen-bond acceptors (Lipinski definition) is 3. The molecule has 0 radical (unpaired) electrons. The lowest BCUT2D eigenvalue weighted by molar-refractivity contribution is -0.116. The summed E-state index contributed by atoms with van der Waals surface area (Å²) in [6, 6.07) is 6.63. The lowest BCUT2D eigenvalue weighted by atomic mass is 10.1. The van der Waals surface area contributed by atoms with E-state index in [1.807, 2.05) is 12.1 Å². The Balaban J connectivity index is 1.95. The van der Waals surface area contributed by atoms with E-state index < -0.39 is 0 Å². The van der Waals surface area contributed by atoms with E-state index in [1.54, 1.807) is 12.4 Å². The van der Waals surface area contributed by atoms with E-state index in [0.29, 0.717) is 18.5 Å². The summed E-state index contributed by atoms with van der Waals surface area (Å²) in [5, 5.41) is 12.3. The molecule has 104 valence electrons. The van der Waals surface area contributed by atoms with E-state index in [1.165, 1.54) is 12.1 Å². The quantitative estimate of drug-likeness (QED) is 0.847. The van der Waals surface area contributed by atoms with Gasteiger partial charge in [-0.2, -0.15) is 0 Å². The zero-order valence-electron chi connectivity index (χ0n) is 10.4. The van der Waals surface area contributed by atoms with Crippen LogP contribution in [0, 0.1) is 0 Å². The molecular weight excluding hydrogens is 299 g/mol. The van der Waals surface area contributed by atoms with Crippen LogP contribution in [0.1, 0.15) is 12.0 Å². The van der Waals surface area contributed by atoms with Gasteiger partial charge in [0, 0.05) is 24.5 Å². The van der Waals surface area contributed by atoms with Crippen LogP contribution in [0.3, 0.4) is 0 Å². The van der Waals surface area contributed by atoms with Gasteiger partial charge in [-0.25, -0.2) is 0 Å². The monoisotopic (exact) mass is 310 g/mol. The number of halogens is 2. The molecule has 0 unspecified atom stereocenters. The van der Waals surface area contributed by atoms with Crippen molar-refractivity contribution in [1.29, 1.82) is 0 Å². The number of amides is 1. The van der Waals surface area contributed by atoms with Gasteiger partial charge < -0.3 is 10.4 Å². The number of anilines is 1. The first-order valence-electron chi connectivity index (χ1n) is 5.93. The zero-order valence-corrected chi connectivity index (χ0v) is 11.9. The summed E-state index contributed by atoms with van der Waals surface area (Å²) in [5.41, 5.74) is 1.49. The number of nitrogens with one attached hydrogen (secondary N) is 1. The van der Waals surface area contributed by atoms with Crippen molar-refractivity contribution in [2.24, 2.45) is 0 Å².